The van der Waals surface area contributed by atoms with Crippen molar-refractivity contribution in [3.8, 4) is 0 Å². The van der Waals surface area contributed by atoms with E-state index in [2.05, 4.69) is 15.3 Å². The number of hydrogen-bond acceptors (Lipinski definition) is 7. The lowest BCUT2D eigenvalue weighted by molar-refractivity contribution is -0.138. The van der Waals surface area contributed by atoms with Crippen LogP contribution in [0.2, 0.25) is 0 Å². The molecule has 0 unspecified atom stereocenters. The summed E-state index contributed by atoms with van der Waals surface area (Å²) in [5, 5.41) is 3.17. The first kappa shape index (κ1) is 27.9. The molecule has 36 heavy (non-hydrogen) atoms. The van der Waals surface area contributed by atoms with Gasteiger partial charge in [-0.1, -0.05) is 0 Å². The summed E-state index contributed by atoms with van der Waals surface area (Å²) in [6, 6.07) is 4.78. The van der Waals surface area contributed by atoms with Crippen molar-refractivity contribution in [1.82, 2.24) is 19.6 Å². The molecule has 0 atom stereocenters. The number of hydrogen-bond donors (Lipinski definition) is 1. The minimum absolute atomic E-state index is 0.307. The molecule has 4 rings (SSSR count). The topological polar surface area (TPSA) is 81.7 Å². The number of sulfonamides is 1. The maximum absolute atomic E-state index is 12.4. The van der Waals surface area contributed by atoms with Gasteiger partial charge in [-0.3, -0.25) is 0 Å². The van der Waals surface area contributed by atoms with Crippen LogP contribution < -0.4 is 15.1 Å². The molecule has 2 aromatic heterocycles. The summed E-state index contributed by atoms with van der Waals surface area (Å²) in [5.41, 5.74) is -1.50. The quantitative estimate of drug-likeness (QED) is 0.600. The van der Waals surface area contributed by atoms with Crippen LogP contribution in [0.5, 0.6) is 0 Å². The van der Waals surface area contributed by atoms with E-state index in [1.54, 1.807) is 4.90 Å². The average Bonchev–Trinajstić information content (AvgIpc) is 2.84. The van der Waals surface area contributed by atoms with Gasteiger partial charge in [0.15, 0.2) is 0 Å². The SMILES string of the molecule is CS(=O)(=O)N1CCN(c2ccc(C(F)(F)F)cn2)CC1.FC(F)(F)c1ccc(N2CCNCC2)nc1. The summed E-state index contributed by atoms with van der Waals surface area (Å²) >= 11 is 0. The van der Waals surface area contributed by atoms with Gasteiger partial charge < -0.3 is 15.1 Å². The fraction of sp³-hybridized carbons (Fsp3) is 0.524. The zero-order chi connectivity index (χ0) is 26.6. The Morgan fingerprint density at radius 3 is 1.47 bits per heavy atom. The van der Waals surface area contributed by atoms with Crippen molar-refractivity contribution in [2.24, 2.45) is 0 Å². The van der Waals surface area contributed by atoms with Gasteiger partial charge >= 0.3 is 12.4 Å². The van der Waals surface area contributed by atoms with Crippen molar-refractivity contribution in [3.63, 3.8) is 0 Å². The number of nitrogens with one attached hydrogen (secondary N) is 1. The van der Waals surface area contributed by atoms with Crippen molar-refractivity contribution < 1.29 is 34.8 Å². The first-order chi connectivity index (χ1) is 16.7. The Balaban J connectivity index is 0.000000205. The number of aromatic nitrogens is 2. The Morgan fingerprint density at radius 2 is 1.14 bits per heavy atom. The van der Waals surface area contributed by atoms with E-state index in [1.807, 2.05) is 4.90 Å². The number of halogens is 6. The highest BCUT2D eigenvalue weighted by Crippen LogP contribution is 2.30. The molecule has 0 aromatic carbocycles. The standard InChI is InChI=1S/C11H14F3N3O2S.C10H12F3N3/c1-20(18,19)17-6-4-16(5-7-17)10-3-2-9(8-15-10)11(12,13)14;11-10(12,13)8-1-2-9(15-7-8)16-5-3-14-4-6-16/h2-3,8H,4-7H2,1H3;1-2,7,14H,3-6H2. The smallest absolute Gasteiger partial charge is 0.354 e. The maximum atomic E-state index is 12.4. The highest BCUT2D eigenvalue weighted by molar-refractivity contribution is 7.88. The highest BCUT2D eigenvalue weighted by atomic mass is 32.2. The van der Waals surface area contributed by atoms with Gasteiger partial charge in [-0.25, -0.2) is 18.4 Å². The van der Waals surface area contributed by atoms with Crippen LogP contribution in [0.25, 0.3) is 0 Å². The van der Waals surface area contributed by atoms with Crippen LogP contribution in [0.15, 0.2) is 36.7 Å². The van der Waals surface area contributed by atoms with Gasteiger partial charge in [-0.2, -0.15) is 30.6 Å². The van der Waals surface area contributed by atoms with Crippen molar-refractivity contribution in [2.45, 2.75) is 12.4 Å². The molecule has 2 saturated heterocycles. The number of pyridine rings is 2. The van der Waals surface area contributed by atoms with E-state index in [9.17, 15) is 34.8 Å². The number of anilines is 2. The second kappa shape index (κ2) is 11.2. The van der Waals surface area contributed by atoms with Gasteiger partial charge in [0.1, 0.15) is 11.6 Å². The number of piperazine rings is 2. The molecular weight excluding hydrogens is 514 g/mol. The van der Waals surface area contributed by atoms with E-state index in [-0.39, 0.29) is 0 Å². The van der Waals surface area contributed by atoms with Crippen molar-refractivity contribution in [3.05, 3.63) is 47.8 Å². The molecule has 2 fully saturated rings. The number of rotatable bonds is 3. The zero-order valence-corrected chi connectivity index (χ0v) is 20.2. The van der Waals surface area contributed by atoms with Crippen LogP contribution in [0.3, 0.4) is 0 Å². The molecule has 0 aliphatic carbocycles. The van der Waals surface area contributed by atoms with Crippen LogP contribution in [0.1, 0.15) is 11.1 Å². The monoisotopic (exact) mass is 540 g/mol. The molecule has 0 radical (unpaired) electrons. The summed E-state index contributed by atoms with van der Waals surface area (Å²) in [6.45, 7) is 4.65. The predicted molar refractivity (Wildman–Crippen MR) is 122 cm³/mol. The molecular formula is C21H26F6N6O2S. The summed E-state index contributed by atoms with van der Waals surface area (Å²) in [6.07, 6.45) is -5.90. The van der Waals surface area contributed by atoms with E-state index in [0.717, 1.165) is 57.0 Å². The third-order valence-corrected chi connectivity index (χ3v) is 6.93. The Bertz CT molecular complexity index is 1080. The van der Waals surface area contributed by atoms with Crippen molar-refractivity contribution in [1.29, 1.82) is 0 Å². The largest absolute Gasteiger partial charge is 0.417 e. The summed E-state index contributed by atoms with van der Waals surface area (Å²) in [4.78, 5) is 11.4. The molecule has 0 spiro atoms. The summed E-state index contributed by atoms with van der Waals surface area (Å²) in [7, 11) is -3.22. The fourth-order valence-electron chi connectivity index (χ4n) is 3.62. The lowest BCUT2D eigenvalue weighted by atomic mass is 10.2. The van der Waals surface area contributed by atoms with Crippen LogP contribution in [-0.4, -0.2) is 81.3 Å². The Hall–Kier alpha value is -2.65. The van der Waals surface area contributed by atoms with Crippen LogP contribution >= 0.6 is 0 Å². The number of alkyl halides is 6. The van der Waals surface area contributed by atoms with Gasteiger partial charge in [0, 0.05) is 64.8 Å². The molecule has 15 heteroatoms. The Labute approximate surface area is 205 Å². The maximum Gasteiger partial charge on any atom is 0.417 e. The van der Waals surface area contributed by atoms with Gasteiger partial charge in [-0.15, -0.1) is 0 Å². The van der Waals surface area contributed by atoms with Gasteiger partial charge in [0.2, 0.25) is 10.0 Å². The van der Waals surface area contributed by atoms with E-state index in [0.29, 0.717) is 37.8 Å². The highest BCUT2D eigenvalue weighted by Gasteiger charge is 2.32. The van der Waals surface area contributed by atoms with Crippen LogP contribution in [-0.2, 0) is 22.4 Å². The fourth-order valence-corrected chi connectivity index (χ4v) is 4.45. The van der Waals surface area contributed by atoms with E-state index in [4.69, 9.17) is 0 Å². The third kappa shape index (κ3) is 7.67. The summed E-state index contributed by atoms with van der Waals surface area (Å²) < 4.78 is 98.2. The first-order valence-corrected chi connectivity index (χ1v) is 12.8. The minimum Gasteiger partial charge on any atom is -0.354 e. The minimum atomic E-state index is -4.40. The zero-order valence-electron chi connectivity index (χ0n) is 19.3. The van der Waals surface area contributed by atoms with Gasteiger partial charge in [-0.05, 0) is 24.3 Å². The molecule has 1 N–H and O–H groups in total. The van der Waals surface area contributed by atoms with Crippen molar-refractivity contribution in [2.75, 3.05) is 68.4 Å². The molecule has 2 aliphatic rings. The van der Waals surface area contributed by atoms with E-state index in [1.165, 1.54) is 16.4 Å². The molecule has 4 heterocycles. The lowest BCUT2D eigenvalue weighted by Gasteiger charge is -2.34. The lowest BCUT2D eigenvalue weighted by Crippen LogP contribution is -2.48. The van der Waals surface area contributed by atoms with Crippen LogP contribution in [0, 0.1) is 0 Å². The molecule has 8 nitrogen and oxygen atoms in total. The number of nitrogens with zero attached hydrogens (tertiary/aromatic N) is 5. The molecule has 0 amide bonds. The van der Waals surface area contributed by atoms with E-state index < -0.39 is 33.5 Å². The van der Waals surface area contributed by atoms with Gasteiger partial charge in [0.05, 0.1) is 17.4 Å². The molecule has 2 aromatic rings. The molecule has 2 aliphatic heterocycles. The Kier molecular flexibility index (Phi) is 8.67. The molecule has 200 valence electrons. The van der Waals surface area contributed by atoms with E-state index >= 15 is 0 Å². The first-order valence-electron chi connectivity index (χ1n) is 11.0. The normalized spacial score (nSPS) is 18.0. The molecule has 0 bridgehead atoms. The van der Waals surface area contributed by atoms with Crippen LogP contribution in [0.4, 0.5) is 38.0 Å². The second-order valence-corrected chi connectivity index (χ2v) is 10.2. The average molecular weight is 541 g/mol. The van der Waals surface area contributed by atoms with Crippen molar-refractivity contribution >= 4 is 21.7 Å². The van der Waals surface area contributed by atoms with Gasteiger partial charge in [0.25, 0.3) is 0 Å². The second-order valence-electron chi connectivity index (χ2n) is 8.19. The molecule has 0 saturated carbocycles. The summed E-state index contributed by atoms with van der Waals surface area (Å²) in [5.74, 6) is 1.03. The Morgan fingerprint density at radius 1 is 0.722 bits per heavy atom. The third-order valence-electron chi connectivity index (χ3n) is 5.62. The predicted octanol–water partition coefficient (Wildman–Crippen LogP) is 2.69.